The molecule has 0 saturated carbocycles. The lowest BCUT2D eigenvalue weighted by Crippen LogP contribution is -2.18. The third kappa shape index (κ3) is 1.47. The van der Waals surface area contributed by atoms with Crippen LogP contribution in [0.15, 0.2) is 18.2 Å². The van der Waals surface area contributed by atoms with Gasteiger partial charge in [0, 0.05) is 0 Å². The van der Waals surface area contributed by atoms with Gasteiger partial charge < -0.3 is 4.74 Å². The highest BCUT2D eigenvalue weighted by Crippen LogP contribution is 2.26. The highest BCUT2D eigenvalue weighted by molar-refractivity contribution is 7.27. The molecule has 2 rings (SSSR count). The summed E-state index contributed by atoms with van der Waals surface area (Å²) in [7, 11) is 2.69. The van der Waals surface area contributed by atoms with Crippen LogP contribution in [-0.4, -0.2) is 6.61 Å². The third-order valence-electron chi connectivity index (χ3n) is 2.18. The van der Waals surface area contributed by atoms with Crippen LogP contribution in [0.1, 0.15) is 12.5 Å². The lowest BCUT2D eigenvalue weighted by atomic mass is 9.99. The van der Waals surface area contributed by atoms with Crippen molar-refractivity contribution in [3.63, 3.8) is 0 Å². The van der Waals surface area contributed by atoms with Crippen molar-refractivity contribution >= 4 is 14.5 Å². The molecule has 0 radical (unpaired) electrons. The van der Waals surface area contributed by atoms with Gasteiger partial charge in [-0.25, -0.2) is 0 Å². The molecular weight excluding hydrogens is 167 g/mol. The van der Waals surface area contributed by atoms with E-state index < -0.39 is 0 Å². The van der Waals surface area contributed by atoms with Crippen LogP contribution in [0.5, 0.6) is 5.75 Å². The molecule has 0 N–H and O–H groups in total. The minimum Gasteiger partial charge on any atom is -0.493 e. The number of ether oxygens (including phenoxy) is 1. The van der Waals surface area contributed by atoms with Crippen molar-refractivity contribution in [2.24, 2.45) is 5.92 Å². The normalized spacial score (nSPS) is 21.3. The molecule has 0 aliphatic carbocycles. The maximum Gasteiger partial charge on any atom is 0.123 e. The fraction of sp³-hybridized carbons (Fsp3) is 0.400. The number of hydrogen-bond donors (Lipinski definition) is 0. The van der Waals surface area contributed by atoms with Gasteiger partial charge in [0.1, 0.15) is 5.75 Å². The first kappa shape index (κ1) is 8.07. The van der Waals surface area contributed by atoms with Crippen LogP contribution in [0.2, 0.25) is 0 Å². The summed E-state index contributed by atoms with van der Waals surface area (Å²) in [6.07, 6.45) is 1.15. The monoisotopic (exact) mass is 180 g/mol. The van der Waals surface area contributed by atoms with E-state index in [-0.39, 0.29) is 0 Å². The molecule has 0 saturated heterocycles. The summed E-state index contributed by atoms with van der Waals surface area (Å²) in [6, 6.07) is 6.37. The van der Waals surface area contributed by atoms with E-state index in [2.05, 4.69) is 34.4 Å². The van der Waals surface area contributed by atoms with Gasteiger partial charge in [0.05, 0.1) is 6.61 Å². The maximum atomic E-state index is 5.60. The van der Waals surface area contributed by atoms with E-state index in [9.17, 15) is 0 Å². The van der Waals surface area contributed by atoms with E-state index in [0.717, 1.165) is 18.8 Å². The van der Waals surface area contributed by atoms with Crippen LogP contribution in [0.4, 0.5) is 0 Å². The number of fused-ring (bicyclic) bond motifs is 1. The van der Waals surface area contributed by atoms with Crippen LogP contribution >= 0.6 is 9.24 Å². The van der Waals surface area contributed by atoms with Crippen LogP contribution < -0.4 is 10.0 Å². The fourth-order valence-electron chi connectivity index (χ4n) is 1.54. The van der Waals surface area contributed by atoms with Crippen molar-refractivity contribution in [1.82, 2.24) is 0 Å². The molecule has 0 spiro atoms. The minimum atomic E-state index is 0.660. The molecule has 12 heavy (non-hydrogen) atoms. The lowest BCUT2D eigenvalue weighted by Gasteiger charge is -2.22. The third-order valence-corrected chi connectivity index (χ3v) is 2.54. The second-order valence-electron chi connectivity index (χ2n) is 3.49. The Morgan fingerprint density at radius 2 is 2.33 bits per heavy atom. The molecular formula is C10H13OP. The smallest absolute Gasteiger partial charge is 0.123 e. The second kappa shape index (κ2) is 3.06. The molecule has 2 atom stereocenters. The van der Waals surface area contributed by atoms with Crippen LogP contribution in [0.3, 0.4) is 0 Å². The Labute approximate surface area is 75.3 Å². The molecule has 1 aliphatic rings. The largest absolute Gasteiger partial charge is 0.493 e. The van der Waals surface area contributed by atoms with Gasteiger partial charge in [-0.15, -0.1) is 9.24 Å². The predicted molar refractivity (Wildman–Crippen MR) is 54.1 cm³/mol. The van der Waals surface area contributed by atoms with E-state index >= 15 is 0 Å². The Morgan fingerprint density at radius 1 is 1.50 bits per heavy atom. The summed E-state index contributed by atoms with van der Waals surface area (Å²) in [5.41, 5.74) is 1.35. The van der Waals surface area contributed by atoms with E-state index in [0.29, 0.717) is 5.92 Å². The predicted octanol–water partition coefficient (Wildman–Crippen LogP) is 1.76. The van der Waals surface area contributed by atoms with Gasteiger partial charge in [0.25, 0.3) is 0 Å². The Hall–Kier alpha value is -0.550. The fourth-order valence-corrected chi connectivity index (χ4v) is 1.79. The van der Waals surface area contributed by atoms with Gasteiger partial charge in [-0.3, -0.25) is 0 Å². The molecule has 64 valence electrons. The molecule has 0 bridgehead atoms. The molecule has 1 heterocycles. The highest BCUT2D eigenvalue weighted by Gasteiger charge is 2.15. The quantitative estimate of drug-likeness (QED) is 0.553. The van der Waals surface area contributed by atoms with Crippen molar-refractivity contribution in [3.8, 4) is 5.75 Å². The van der Waals surface area contributed by atoms with E-state index in [1.807, 2.05) is 0 Å². The molecule has 0 fully saturated rings. The Morgan fingerprint density at radius 3 is 3.17 bits per heavy atom. The van der Waals surface area contributed by atoms with E-state index in [1.165, 1.54) is 10.9 Å². The Balaban J connectivity index is 2.37. The average molecular weight is 180 g/mol. The lowest BCUT2D eigenvalue weighted by molar-refractivity contribution is 0.234. The summed E-state index contributed by atoms with van der Waals surface area (Å²) in [6.45, 7) is 3.08. The molecule has 1 aromatic carbocycles. The Kier molecular flexibility index (Phi) is 2.06. The number of hydrogen-bond acceptors (Lipinski definition) is 1. The molecule has 0 aromatic heterocycles. The minimum absolute atomic E-state index is 0.660. The highest BCUT2D eigenvalue weighted by atomic mass is 31.0. The first-order valence-corrected chi connectivity index (χ1v) is 4.84. The van der Waals surface area contributed by atoms with Crippen LogP contribution in [0, 0.1) is 5.92 Å². The van der Waals surface area contributed by atoms with Gasteiger partial charge in [-0.05, 0) is 29.3 Å². The first-order chi connectivity index (χ1) is 5.75. The molecule has 2 unspecified atom stereocenters. The van der Waals surface area contributed by atoms with Gasteiger partial charge in [-0.2, -0.15) is 0 Å². The van der Waals surface area contributed by atoms with Crippen molar-refractivity contribution in [2.45, 2.75) is 13.3 Å². The van der Waals surface area contributed by atoms with Gasteiger partial charge in [0.15, 0.2) is 0 Å². The van der Waals surface area contributed by atoms with Crippen LogP contribution in [0.25, 0.3) is 0 Å². The second-order valence-corrected chi connectivity index (χ2v) is 4.15. The zero-order chi connectivity index (χ0) is 8.55. The maximum absolute atomic E-state index is 5.60. The number of benzene rings is 1. The summed E-state index contributed by atoms with van der Waals surface area (Å²) >= 11 is 0. The molecule has 1 nitrogen and oxygen atoms in total. The summed E-state index contributed by atoms with van der Waals surface area (Å²) < 4.78 is 5.60. The summed E-state index contributed by atoms with van der Waals surface area (Å²) in [5, 5.41) is 1.20. The molecule has 1 aliphatic heterocycles. The van der Waals surface area contributed by atoms with E-state index in [1.54, 1.807) is 0 Å². The first-order valence-electron chi connectivity index (χ1n) is 4.27. The molecule has 2 heteroatoms. The standard InChI is InChI=1S/C10H13OP/c1-7-4-8-2-3-9(12)5-10(8)11-6-7/h2-3,5,7H,4,6,12H2,1H3. The molecule has 0 amide bonds. The van der Waals surface area contributed by atoms with Crippen molar-refractivity contribution in [3.05, 3.63) is 23.8 Å². The zero-order valence-corrected chi connectivity index (χ0v) is 8.36. The summed E-state index contributed by atoms with van der Waals surface area (Å²) in [5.74, 6) is 1.73. The van der Waals surface area contributed by atoms with Crippen molar-refractivity contribution < 1.29 is 4.74 Å². The van der Waals surface area contributed by atoms with Gasteiger partial charge in [0.2, 0.25) is 0 Å². The zero-order valence-electron chi connectivity index (χ0n) is 7.21. The topological polar surface area (TPSA) is 9.23 Å². The van der Waals surface area contributed by atoms with Crippen molar-refractivity contribution in [2.75, 3.05) is 6.61 Å². The van der Waals surface area contributed by atoms with Crippen LogP contribution in [-0.2, 0) is 6.42 Å². The number of rotatable bonds is 0. The SMILES string of the molecule is CC1COc2cc(P)ccc2C1. The van der Waals surface area contributed by atoms with Gasteiger partial charge >= 0.3 is 0 Å². The van der Waals surface area contributed by atoms with E-state index in [4.69, 9.17) is 4.74 Å². The molecule has 1 aromatic rings. The average Bonchev–Trinajstić information content (AvgIpc) is 2.05. The van der Waals surface area contributed by atoms with Crippen molar-refractivity contribution in [1.29, 1.82) is 0 Å². The summed E-state index contributed by atoms with van der Waals surface area (Å²) in [4.78, 5) is 0. The Bertz CT molecular complexity index is 296. The van der Waals surface area contributed by atoms with Gasteiger partial charge in [-0.1, -0.05) is 19.1 Å².